The van der Waals surface area contributed by atoms with Crippen LogP contribution in [0.2, 0.25) is 0 Å². The molecule has 6 nitrogen and oxygen atoms in total. The van der Waals surface area contributed by atoms with Crippen molar-refractivity contribution in [3.8, 4) is 0 Å². The molecule has 6 heteroatoms. The number of hydrogen-bond donors (Lipinski definition) is 1. The smallest absolute Gasteiger partial charge is 0.407 e. The highest BCUT2D eigenvalue weighted by atomic mass is 16.6. The van der Waals surface area contributed by atoms with Crippen molar-refractivity contribution < 1.29 is 18.7 Å². The first-order chi connectivity index (χ1) is 11.7. The van der Waals surface area contributed by atoms with Crippen LogP contribution in [0.3, 0.4) is 0 Å². The van der Waals surface area contributed by atoms with Gasteiger partial charge in [-0.3, -0.25) is 4.79 Å². The van der Waals surface area contributed by atoms with Crippen LogP contribution in [0.25, 0.3) is 11.0 Å². The van der Waals surface area contributed by atoms with Crippen LogP contribution in [0.5, 0.6) is 0 Å². The van der Waals surface area contributed by atoms with Gasteiger partial charge in [0.2, 0.25) is 5.91 Å². The van der Waals surface area contributed by atoms with E-state index in [4.69, 9.17) is 9.15 Å². The fourth-order valence-electron chi connectivity index (χ4n) is 2.38. The second-order valence-electron chi connectivity index (χ2n) is 7.05. The van der Waals surface area contributed by atoms with E-state index in [0.717, 1.165) is 16.7 Å². The Labute approximate surface area is 148 Å². The SMILES string of the molecule is CC(c1cc2ccccc2o1)N(C)C(=O)CCNC(=O)OC(C)(C)C. The number of nitrogens with one attached hydrogen (secondary N) is 1. The van der Waals surface area contributed by atoms with Crippen LogP contribution in [0, 0.1) is 0 Å². The number of nitrogens with zero attached hydrogens (tertiary/aromatic N) is 1. The zero-order chi connectivity index (χ0) is 18.6. The van der Waals surface area contributed by atoms with Crippen LogP contribution < -0.4 is 5.32 Å². The summed E-state index contributed by atoms with van der Waals surface area (Å²) in [6.45, 7) is 7.52. The maximum absolute atomic E-state index is 12.3. The number of para-hydroxylation sites is 1. The number of benzene rings is 1. The van der Waals surface area contributed by atoms with Gasteiger partial charge in [-0.1, -0.05) is 18.2 Å². The number of alkyl carbamates (subject to hydrolysis) is 1. The maximum Gasteiger partial charge on any atom is 0.407 e. The molecule has 0 saturated carbocycles. The molecule has 0 spiro atoms. The fourth-order valence-corrected chi connectivity index (χ4v) is 2.38. The fraction of sp³-hybridized carbons (Fsp3) is 0.474. The number of carbonyl (C=O) groups excluding carboxylic acids is 2. The Morgan fingerprint density at radius 2 is 1.96 bits per heavy atom. The van der Waals surface area contributed by atoms with E-state index in [1.165, 1.54) is 0 Å². The molecule has 136 valence electrons. The summed E-state index contributed by atoms with van der Waals surface area (Å²) in [5, 5.41) is 3.60. The second kappa shape index (κ2) is 7.59. The van der Waals surface area contributed by atoms with Crippen LogP contribution in [0.15, 0.2) is 34.7 Å². The molecule has 0 fully saturated rings. The highest BCUT2D eigenvalue weighted by Crippen LogP contribution is 2.26. The Bertz CT molecular complexity index is 712. The third kappa shape index (κ3) is 5.24. The first-order valence-electron chi connectivity index (χ1n) is 8.38. The lowest BCUT2D eigenvalue weighted by Gasteiger charge is -2.24. The minimum absolute atomic E-state index is 0.0796. The number of carbonyl (C=O) groups is 2. The molecule has 0 aliphatic heterocycles. The number of ether oxygens (including phenoxy) is 1. The highest BCUT2D eigenvalue weighted by molar-refractivity contribution is 5.79. The van der Waals surface area contributed by atoms with Crippen LogP contribution in [-0.4, -0.2) is 36.1 Å². The van der Waals surface area contributed by atoms with Gasteiger partial charge in [-0.25, -0.2) is 4.79 Å². The summed E-state index contributed by atoms with van der Waals surface area (Å²) in [5.74, 6) is 0.654. The van der Waals surface area contributed by atoms with Gasteiger partial charge in [0, 0.05) is 25.4 Å². The average molecular weight is 346 g/mol. The lowest BCUT2D eigenvalue weighted by Crippen LogP contribution is -2.36. The number of amides is 2. The molecule has 0 saturated heterocycles. The first-order valence-corrected chi connectivity index (χ1v) is 8.38. The lowest BCUT2D eigenvalue weighted by atomic mass is 10.2. The molecule has 0 aliphatic rings. The number of hydrogen-bond acceptors (Lipinski definition) is 4. The minimum Gasteiger partial charge on any atom is -0.459 e. The summed E-state index contributed by atoms with van der Waals surface area (Å²) in [6, 6.07) is 9.49. The Hall–Kier alpha value is -2.50. The predicted octanol–water partition coefficient (Wildman–Crippen LogP) is 3.87. The van der Waals surface area contributed by atoms with E-state index in [1.807, 2.05) is 37.3 Å². The van der Waals surface area contributed by atoms with Gasteiger partial charge in [0.15, 0.2) is 0 Å². The van der Waals surface area contributed by atoms with Crippen molar-refractivity contribution in [2.24, 2.45) is 0 Å². The van der Waals surface area contributed by atoms with E-state index in [0.29, 0.717) is 0 Å². The van der Waals surface area contributed by atoms with Gasteiger partial charge in [0.1, 0.15) is 16.9 Å². The number of furan rings is 1. The Kier molecular flexibility index (Phi) is 5.72. The van der Waals surface area contributed by atoms with E-state index < -0.39 is 11.7 Å². The zero-order valence-corrected chi connectivity index (χ0v) is 15.5. The Morgan fingerprint density at radius 1 is 1.28 bits per heavy atom. The van der Waals surface area contributed by atoms with Crippen molar-refractivity contribution in [2.45, 2.75) is 45.8 Å². The van der Waals surface area contributed by atoms with Crippen molar-refractivity contribution in [1.29, 1.82) is 0 Å². The van der Waals surface area contributed by atoms with Crippen LogP contribution in [0.1, 0.15) is 45.9 Å². The molecule has 2 aromatic rings. The Balaban J connectivity index is 1.87. The largest absolute Gasteiger partial charge is 0.459 e. The van der Waals surface area contributed by atoms with Gasteiger partial charge in [-0.2, -0.15) is 0 Å². The molecule has 1 aromatic carbocycles. The molecular formula is C19H26N2O4. The molecule has 2 amide bonds. The second-order valence-corrected chi connectivity index (χ2v) is 7.05. The van der Waals surface area contributed by atoms with Crippen LogP contribution in [0.4, 0.5) is 4.79 Å². The molecule has 1 unspecified atom stereocenters. The van der Waals surface area contributed by atoms with E-state index in [9.17, 15) is 9.59 Å². The predicted molar refractivity (Wildman–Crippen MR) is 96.3 cm³/mol. The summed E-state index contributed by atoms with van der Waals surface area (Å²) in [6.07, 6.45) is -0.325. The van der Waals surface area contributed by atoms with Crippen molar-refractivity contribution in [1.82, 2.24) is 10.2 Å². The van der Waals surface area contributed by atoms with Gasteiger partial charge in [0.05, 0.1) is 6.04 Å². The quantitative estimate of drug-likeness (QED) is 0.892. The maximum atomic E-state index is 12.3. The monoisotopic (exact) mass is 346 g/mol. The highest BCUT2D eigenvalue weighted by Gasteiger charge is 2.21. The molecule has 1 atom stereocenters. The van der Waals surface area contributed by atoms with Gasteiger partial charge in [0.25, 0.3) is 0 Å². The topological polar surface area (TPSA) is 71.8 Å². The van der Waals surface area contributed by atoms with Gasteiger partial charge >= 0.3 is 6.09 Å². The molecule has 0 radical (unpaired) electrons. The van der Waals surface area contributed by atoms with Gasteiger partial charge in [-0.05, 0) is 39.8 Å². The number of fused-ring (bicyclic) bond motifs is 1. The van der Waals surface area contributed by atoms with Crippen molar-refractivity contribution in [2.75, 3.05) is 13.6 Å². The normalized spacial score (nSPS) is 12.7. The molecule has 2 rings (SSSR count). The average Bonchev–Trinajstić information content (AvgIpc) is 2.95. The van der Waals surface area contributed by atoms with Crippen molar-refractivity contribution in [3.63, 3.8) is 0 Å². The van der Waals surface area contributed by atoms with E-state index >= 15 is 0 Å². The van der Waals surface area contributed by atoms with Crippen LogP contribution >= 0.6 is 0 Å². The summed E-state index contributed by atoms with van der Waals surface area (Å²) >= 11 is 0. The molecule has 1 N–H and O–H groups in total. The van der Waals surface area contributed by atoms with Crippen molar-refractivity contribution >= 4 is 23.0 Å². The lowest BCUT2D eigenvalue weighted by molar-refractivity contribution is -0.131. The van der Waals surface area contributed by atoms with Gasteiger partial charge in [-0.15, -0.1) is 0 Å². The van der Waals surface area contributed by atoms with Crippen LogP contribution in [-0.2, 0) is 9.53 Å². The zero-order valence-electron chi connectivity index (χ0n) is 15.5. The van der Waals surface area contributed by atoms with E-state index in [2.05, 4.69) is 5.32 Å². The van der Waals surface area contributed by atoms with Gasteiger partial charge < -0.3 is 19.4 Å². The number of rotatable bonds is 5. The molecule has 1 heterocycles. The van der Waals surface area contributed by atoms with Crippen molar-refractivity contribution in [3.05, 3.63) is 36.1 Å². The molecule has 25 heavy (non-hydrogen) atoms. The van der Waals surface area contributed by atoms with E-state index in [1.54, 1.807) is 32.7 Å². The molecular weight excluding hydrogens is 320 g/mol. The summed E-state index contributed by atoms with van der Waals surface area (Å²) in [7, 11) is 1.73. The third-order valence-corrected chi connectivity index (χ3v) is 3.84. The summed E-state index contributed by atoms with van der Waals surface area (Å²) in [5.41, 5.74) is 0.248. The van der Waals surface area contributed by atoms with E-state index in [-0.39, 0.29) is 24.9 Å². The summed E-state index contributed by atoms with van der Waals surface area (Å²) in [4.78, 5) is 25.5. The molecule has 0 aliphatic carbocycles. The molecule has 0 bridgehead atoms. The minimum atomic E-state index is -0.555. The Morgan fingerprint density at radius 3 is 2.60 bits per heavy atom. The third-order valence-electron chi connectivity index (χ3n) is 3.84. The molecule has 1 aromatic heterocycles. The standard InChI is InChI=1S/C19H26N2O4/c1-13(16-12-14-8-6-7-9-15(14)24-16)21(5)17(22)10-11-20-18(23)25-19(2,3)4/h6-9,12-13H,10-11H2,1-5H3,(H,20,23). The summed E-state index contributed by atoms with van der Waals surface area (Å²) < 4.78 is 11.0. The first kappa shape index (κ1) is 18.8.